The van der Waals surface area contributed by atoms with Crippen molar-refractivity contribution in [2.24, 2.45) is 0 Å². The zero-order valence-electron chi connectivity index (χ0n) is 9.10. The number of pyridine rings is 1. The van der Waals surface area contributed by atoms with Crippen molar-refractivity contribution < 1.29 is 9.53 Å². The lowest BCUT2D eigenvalue weighted by molar-refractivity contribution is 0.0518. The van der Waals surface area contributed by atoms with Crippen LogP contribution in [0.15, 0.2) is 18.5 Å². The van der Waals surface area contributed by atoms with E-state index in [2.05, 4.69) is 15.0 Å². The lowest BCUT2D eigenvalue weighted by Crippen LogP contribution is -2.10. The van der Waals surface area contributed by atoms with Gasteiger partial charge in [0.2, 0.25) is 0 Å². The fourth-order valence-corrected chi connectivity index (χ4v) is 1.39. The van der Waals surface area contributed by atoms with Gasteiger partial charge in [0.15, 0.2) is 5.69 Å². The van der Waals surface area contributed by atoms with E-state index in [1.807, 2.05) is 0 Å². The number of aryl methyl sites for hydroxylation is 1. The van der Waals surface area contributed by atoms with Crippen LogP contribution >= 0.6 is 0 Å². The number of rotatable bonds is 2. The van der Waals surface area contributed by atoms with Crippen molar-refractivity contribution in [1.82, 2.24) is 15.0 Å². The highest BCUT2D eigenvalue weighted by Gasteiger charge is 2.14. The Balaban J connectivity index is 2.54. The zero-order valence-corrected chi connectivity index (χ0v) is 9.10. The minimum atomic E-state index is -0.446. The molecule has 0 radical (unpaired) electrons. The maximum absolute atomic E-state index is 11.6. The lowest BCUT2D eigenvalue weighted by atomic mass is 10.3. The summed E-state index contributed by atoms with van der Waals surface area (Å²) in [5.41, 5.74) is 2.14. The van der Waals surface area contributed by atoms with Crippen molar-refractivity contribution in [2.75, 3.05) is 6.61 Å². The minimum absolute atomic E-state index is 0.252. The Bertz CT molecular complexity index is 540. The van der Waals surface area contributed by atoms with Gasteiger partial charge in [0.25, 0.3) is 0 Å². The average Bonchev–Trinajstić information content (AvgIpc) is 2.28. The van der Waals surface area contributed by atoms with E-state index in [1.165, 1.54) is 0 Å². The van der Waals surface area contributed by atoms with E-state index in [0.29, 0.717) is 17.8 Å². The predicted octanol–water partition coefficient (Wildman–Crippen LogP) is 1.51. The molecule has 0 N–H and O–H groups in total. The van der Waals surface area contributed by atoms with Gasteiger partial charge >= 0.3 is 5.97 Å². The molecule has 0 aliphatic carbocycles. The van der Waals surface area contributed by atoms with Crippen LogP contribution in [0.5, 0.6) is 0 Å². The summed E-state index contributed by atoms with van der Waals surface area (Å²) in [7, 11) is 0. The number of fused-ring (bicyclic) bond motifs is 1. The van der Waals surface area contributed by atoms with E-state index in [-0.39, 0.29) is 5.69 Å². The average molecular weight is 217 g/mol. The molecule has 0 aliphatic heterocycles. The van der Waals surface area contributed by atoms with E-state index in [9.17, 15) is 4.79 Å². The molecule has 0 saturated carbocycles. The van der Waals surface area contributed by atoms with E-state index in [1.54, 1.807) is 32.3 Å². The van der Waals surface area contributed by atoms with Crippen LogP contribution in [0.25, 0.3) is 11.0 Å². The van der Waals surface area contributed by atoms with Crippen molar-refractivity contribution in [2.45, 2.75) is 13.8 Å². The van der Waals surface area contributed by atoms with Crippen LogP contribution in [0.4, 0.5) is 0 Å². The largest absolute Gasteiger partial charge is 0.461 e. The van der Waals surface area contributed by atoms with Gasteiger partial charge in [0, 0.05) is 6.20 Å². The van der Waals surface area contributed by atoms with Crippen molar-refractivity contribution in [1.29, 1.82) is 0 Å². The second-order valence-electron chi connectivity index (χ2n) is 3.24. The first-order chi connectivity index (χ1) is 7.72. The van der Waals surface area contributed by atoms with Crippen LogP contribution in [0.3, 0.4) is 0 Å². The molecule has 0 fully saturated rings. The number of aromatic nitrogens is 3. The van der Waals surface area contributed by atoms with Gasteiger partial charge in [-0.25, -0.2) is 14.8 Å². The first-order valence-electron chi connectivity index (χ1n) is 4.98. The normalized spacial score (nSPS) is 10.4. The van der Waals surface area contributed by atoms with Gasteiger partial charge in [-0.15, -0.1) is 0 Å². The first kappa shape index (κ1) is 10.5. The summed E-state index contributed by atoms with van der Waals surface area (Å²) in [6.45, 7) is 3.81. The van der Waals surface area contributed by atoms with Gasteiger partial charge in [0.05, 0.1) is 24.0 Å². The predicted molar refractivity (Wildman–Crippen MR) is 58.0 cm³/mol. The monoisotopic (exact) mass is 217 g/mol. The van der Waals surface area contributed by atoms with Crippen molar-refractivity contribution in [3.8, 4) is 0 Å². The minimum Gasteiger partial charge on any atom is -0.461 e. The highest BCUT2D eigenvalue weighted by Crippen LogP contribution is 2.11. The molecule has 0 aliphatic rings. The van der Waals surface area contributed by atoms with Crippen LogP contribution in [-0.4, -0.2) is 27.5 Å². The molecule has 2 aromatic heterocycles. The Labute approximate surface area is 92.5 Å². The quantitative estimate of drug-likeness (QED) is 0.713. The topological polar surface area (TPSA) is 65.0 Å². The van der Waals surface area contributed by atoms with Crippen LogP contribution in [0.2, 0.25) is 0 Å². The molecule has 82 valence electrons. The number of carbonyl (C=O) groups is 1. The van der Waals surface area contributed by atoms with Crippen molar-refractivity contribution >= 4 is 17.0 Å². The van der Waals surface area contributed by atoms with E-state index < -0.39 is 5.97 Å². The Hall–Kier alpha value is -2.04. The number of esters is 1. The molecule has 0 unspecified atom stereocenters. The summed E-state index contributed by atoms with van der Waals surface area (Å²) in [4.78, 5) is 24.0. The second kappa shape index (κ2) is 4.22. The van der Waals surface area contributed by atoms with Crippen LogP contribution in [0.1, 0.15) is 23.1 Å². The fraction of sp³-hybridized carbons (Fsp3) is 0.273. The van der Waals surface area contributed by atoms with Gasteiger partial charge in [-0.3, -0.25) is 4.98 Å². The van der Waals surface area contributed by atoms with E-state index in [4.69, 9.17) is 4.74 Å². The molecule has 5 nitrogen and oxygen atoms in total. The SMILES string of the molecule is CCOC(=O)c1nc2cnccc2nc1C. The molecule has 0 aromatic carbocycles. The lowest BCUT2D eigenvalue weighted by Gasteiger charge is -2.05. The molecular formula is C11H11N3O2. The molecule has 5 heteroatoms. The maximum atomic E-state index is 11.6. The number of nitrogens with zero attached hydrogens (tertiary/aromatic N) is 3. The summed E-state index contributed by atoms with van der Waals surface area (Å²) < 4.78 is 4.90. The van der Waals surface area contributed by atoms with Gasteiger partial charge in [-0.1, -0.05) is 0 Å². The standard InChI is InChI=1S/C11H11N3O2/c1-3-16-11(15)10-7(2)13-8-4-5-12-6-9(8)14-10/h4-6H,3H2,1-2H3. The molecule has 2 rings (SSSR count). The van der Waals surface area contributed by atoms with E-state index in [0.717, 1.165) is 5.52 Å². The Morgan fingerprint density at radius 1 is 1.38 bits per heavy atom. The number of hydrogen-bond donors (Lipinski definition) is 0. The third-order valence-corrected chi connectivity index (χ3v) is 2.11. The fourth-order valence-electron chi connectivity index (χ4n) is 1.39. The van der Waals surface area contributed by atoms with Crippen molar-refractivity contribution in [3.05, 3.63) is 29.8 Å². The molecule has 0 atom stereocenters. The molecular weight excluding hydrogens is 206 g/mol. The second-order valence-corrected chi connectivity index (χ2v) is 3.24. The maximum Gasteiger partial charge on any atom is 0.358 e. The molecule has 0 bridgehead atoms. The number of ether oxygens (including phenoxy) is 1. The summed E-state index contributed by atoms with van der Waals surface area (Å²) in [6, 6.07) is 1.75. The Morgan fingerprint density at radius 3 is 2.94 bits per heavy atom. The summed E-state index contributed by atoms with van der Waals surface area (Å²) >= 11 is 0. The molecule has 0 spiro atoms. The third kappa shape index (κ3) is 1.84. The van der Waals surface area contributed by atoms with Crippen LogP contribution in [0, 0.1) is 6.92 Å². The highest BCUT2D eigenvalue weighted by atomic mass is 16.5. The molecule has 16 heavy (non-hydrogen) atoms. The zero-order chi connectivity index (χ0) is 11.5. The Morgan fingerprint density at radius 2 is 2.19 bits per heavy atom. The summed E-state index contributed by atoms with van der Waals surface area (Å²) in [5.74, 6) is -0.446. The summed E-state index contributed by atoms with van der Waals surface area (Å²) in [6.07, 6.45) is 3.21. The van der Waals surface area contributed by atoms with Gasteiger partial charge < -0.3 is 4.74 Å². The molecule has 2 aromatic rings. The van der Waals surface area contributed by atoms with Crippen LogP contribution < -0.4 is 0 Å². The van der Waals surface area contributed by atoms with Crippen molar-refractivity contribution in [3.63, 3.8) is 0 Å². The van der Waals surface area contributed by atoms with Gasteiger partial charge in [0.1, 0.15) is 5.52 Å². The van der Waals surface area contributed by atoms with E-state index >= 15 is 0 Å². The highest BCUT2D eigenvalue weighted by molar-refractivity contribution is 5.90. The van der Waals surface area contributed by atoms with Gasteiger partial charge in [-0.05, 0) is 19.9 Å². The number of carbonyl (C=O) groups excluding carboxylic acids is 1. The Kier molecular flexibility index (Phi) is 2.76. The summed E-state index contributed by atoms with van der Waals surface area (Å²) in [5, 5.41) is 0. The smallest absolute Gasteiger partial charge is 0.358 e. The molecule has 2 heterocycles. The first-order valence-corrected chi connectivity index (χ1v) is 4.98. The van der Waals surface area contributed by atoms with Gasteiger partial charge in [-0.2, -0.15) is 0 Å². The molecule has 0 saturated heterocycles. The van der Waals surface area contributed by atoms with Crippen LogP contribution in [-0.2, 0) is 4.74 Å². The third-order valence-electron chi connectivity index (χ3n) is 2.11. The molecule has 0 amide bonds. The number of hydrogen-bond acceptors (Lipinski definition) is 5.